The van der Waals surface area contributed by atoms with E-state index >= 15 is 0 Å². The Bertz CT molecular complexity index is 181. The molecule has 1 atom stereocenters. The third kappa shape index (κ3) is 1.58. The minimum Gasteiger partial charge on any atom is -0.383 e. The first-order valence-electron chi connectivity index (χ1n) is 4.58. The predicted octanol–water partition coefficient (Wildman–Crippen LogP) is 2.83. The third-order valence-corrected chi connectivity index (χ3v) is 2.76. The van der Waals surface area contributed by atoms with Gasteiger partial charge in [-0.3, -0.25) is 0 Å². The molecular weight excluding hydrogens is 134 g/mol. The molecule has 0 saturated carbocycles. The molecule has 1 unspecified atom stereocenters. The number of nitrogens with one attached hydrogen (secondary N) is 1. The van der Waals surface area contributed by atoms with Crippen LogP contribution in [0.25, 0.3) is 0 Å². The molecule has 0 aliphatic carbocycles. The molecule has 0 aromatic heterocycles. The van der Waals surface area contributed by atoms with Gasteiger partial charge in [-0.25, -0.2) is 0 Å². The van der Waals surface area contributed by atoms with Crippen molar-refractivity contribution in [1.82, 2.24) is 5.32 Å². The normalized spacial score (nSPS) is 30.9. The number of allylic oxidation sites excluding steroid dienone is 1. The molecule has 0 radical (unpaired) electrons. The summed E-state index contributed by atoms with van der Waals surface area (Å²) >= 11 is 0. The molecule has 0 aromatic rings. The summed E-state index contributed by atoms with van der Waals surface area (Å²) in [5, 5.41) is 3.60. The van der Waals surface area contributed by atoms with Gasteiger partial charge in [0.25, 0.3) is 0 Å². The lowest BCUT2D eigenvalue weighted by Gasteiger charge is -2.24. The molecule has 1 aliphatic rings. The van der Waals surface area contributed by atoms with Gasteiger partial charge in [0.15, 0.2) is 0 Å². The molecule has 0 amide bonds. The highest BCUT2D eigenvalue weighted by atomic mass is 15.0. The van der Waals surface area contributed by atoms with E-state index in [1.807, 2.05) is 0 Å². The molecule has 64 valence electrons. The zero-order valence-corrected chi connectivity index (χ0v) is 8.12. The highest BCUT2D eigenvalue weighted by Gasteiger charge is 2.29. The van der Waals surface area contributed by atoms with E-state index in [2.05, 4.69) is 33.0 Å². The van der Waals surface area contributed by atoms with Crippen LogP contribution in [0, 0.1) is 0 Å². The minimum atomic E-state index is 0.357. The summed E-state index contributed by atoms with van der Waals surface area (Å²) in [5.41, 5.74) is 3.38. The Morgan fingerprint density at radius 1 is 1.45 bits per heavy atom. The summed E-state index contributed by atoms with van der Waals surface area (Å²) < 4.78 is 0. The van der Waals surface area contributed by atoms with E-state index in [1.165, 1.54) is 18.5 Å². The summed E-state index contributed by atoms with van der Waals surface area (Å²) in [6.45, 7) is 9.01. The Hall–Kier alpha value is -0.460. The number of hydrogen-bond acceptors (Lipinski definition) is 1. The summed E-state index contributed by atoms with van der Waals surface area (Å²) in [5.74, 6) is 0. The summed E-state index contributed by atoms with van der Waals surface area (Å²) in [6.07, 6.45) is 3.60. The van der Waals surface area contributed by atoms with E-state index in [4.69, 9.17) is 0 Å². The molecule has 0 spiro atoms. The van der Waals surface area contributed by atoms with Crippen LogP contribution >= 0.6 is 0 Å². The minimum absolute atomic E-state index is 0.357. The first-order valence-corrected chi connectivity index (χ1v) is 4.58. The van der Waals surface area contributed by atoms with Crippen LogP contribution in [0.4, 0.5) is 0 Å². The number of hydrogen-bond donors (Lipinski definition) is 1. The third-order valence-electron chi connectivity index (χ3n) is 2.76. The maximum atomic E-state index is 3.60. The standard InChI is InChI=1S/C10H19N/c1-5-9-8(3)7-10(4,6-2)11-9/h11H,5-7H2,1-4H3. The summed E-state index contributed by atoms with van der Waals surface area (Å²) in [4.78, 5) is 0. The average molecular weight is 153 g/mol. The maximum Gasteiger partial charge on any atom is 0.0377 e. The second-order valence-electron chi connectivity index (χ2n) is 3.83. The Balaban J connectivity index is 2.67. The van der Waals surface area contributed by atoms with Crippen LogP contribution in [-0.2, 0) is 0 Å². The molecule has 1 N–H and O–H groups in total. The Morgan fingerprint density at radius 2 is 2.09 bits per heavy atom. The van der Waals surface area contributed by atoms with Crippen LogP contribution in [-0.4, -0.2) is 5.54 Å². The summed E-state index contributed by atoms with van der Waals surface area (Å²) in [6, 6.07) is 0. The maximum absolute atomic E-state index is 3.60. The van der Waals surface area contributed by atoms with Crippen molar-refractivity contribution in [3.8, 4) is 0 Å². The van der Waals surface area contributed by atoms with E-state index in [9.17, 15) is 0 Å². The number of rotatable bonds is 2. The van der Waals surface area contributed by atoms with Crippen LogP contribution in [0.15, 0.2) is 11.3 Å². The van der Waals surface area contributed by atoms with Gasteiger partial charge < -0.3 is 5.32 Å². The van der Waals surface area contributed by atoms with Crippen molar-refractivity contribution in [2.24, 2.45) is 0 Å². The lowest BCUT2D eigenvalue weighted by Crippen LogP contribution is -2.35. The van der Waals surface area contributed by atoms with Crippen molar-refractivity contribution >= 4 is 0 Å². The van der Waals surface area contributed by atoms with Gasteiger partial charge in [-0.1, -0.05) is 19.4 Å². The van der Waals surface area contributed by atoms with Crippen molar-refractivity contribution in [2.75, 3.05) is 0 Å². The Labute approximate surface area is 69.9 Å². The molecular formula is C10H19N. The van der Waals surface area contributed by atoms with Crippen LogP contribution in [0.1, 0.15) is 47.0 Å². The van der Waals surface area contributed by atoms with E-state index in [0.717, 1.165) is 6.42 Å². The van der Waals surface area contributed by atoms with Gasteiger partial charge in [0.05, 0.1) is 0 Å². The SMILES string of the molecule is CCC1=C(C)CC(C)(CC)N1. The lowest BCUT2D eigenvalue weighted by atomic mass is 9.95. The van der Waals surface area contributed by atoms with Gasteiger partial charge >= 0.3 is 0 Å². The van der Waals surface area contributed by atoms with Gasteiger partial charge in [-0.15, -0.1) is 0 Å². The largest absolute Gasteiger partial charge is 0.383 e. The van der Waals surface area contributed by atoms with Crippen molar-refractivity contribution in [3.05, 3.63) is 11.3 Å². The highest BCUT2D eigenvalue weighted by Crippen LogP contribution is 2.30. The van der Waals surface area contributed by atoms with Gasteiger partial charge in [-0.2, -0.15) is 0 Å². The second-order valence-corrected chi connectivity index (χ2v) is 3.83. The molecule has 0 bridgehead atoms. The van der Waals surface area contributed by atoms with Crippen molar-refractivity contribution in [1.29, 1.82) is 0 Å². The average Bonchev–Trinajstić information content (AvgIpc) is 2.27. The first kappa shape index (κ1) is 8.63. The van der Waals surface area contributed by atoms with Gasteiger partial charge in [0.1, 0.15) is 0 Å². The summed E-state index contributed by atoms with van der Waals surface area (Å²) in [7, 11) is 0. The van der Waals surface area contributed by atoms with Crippen LogP contribution < -0.4 is 5.32 Å². The predicted molar refractivity (Wildman–Crippen MR) is 49.4 cm³/mol. The molecule has 1 heterocycles. The monoisotopic (exact) mass is 153 g/mol. The second kappa shape index (κ2) is 2.88. The molecule has 11 heavy (non-hydrogen) atoms. The first-order chi connectivity index (χ1) is 5.11. The highest BCUT2D eigenvalue weighted by molar-refractivity contribution is 5.22. The van der Waals surface area contributed by atoms with E-state index in [1.54, 1.807) is 5.57 Å². The van der Waals surface area contributed by atoms with Crippen molar-refractivity contribution in [2.45, 2.75) is 52.5 Å². The van der Waals surface area contributed by atoms with Crippen molar-refractivity contribution in [3.63, 3.8) is 0 Å². The molecule has 1 aliphatic heterocycles. The fourth-order valence-corrected chi connectivity index (χ4v) is 1.81. The topological polar surface area (TPSA) is 12.0 Å². The fraction of sp³-hybridized carbons (Fsp3) is 0.800. The fourth-order valence-electron chi connectivity index (χ4n) is 1.81. The molecule has 1 heteroatoms. The smallest absolute Gasteiger partial charge is 0.0377 e. The van der Waals surface area contributed by atoms with Gasteiger partial charge in [-0.05, 0) is 33.1 Å². The molecule has 0 aromatic carbocycles. The van der Waals surface area contributed by atoms with E-state index in [-0.39, 0.29) is 0 Å². The van der Waals surface area contributed by atoms with Gasteiger partial charge in [0.2, 0.25) is 0 Å². The lowest BCUT2D eigenvalue weighted by molar-refractivity contribution is 0.401. The molecule has 1 nitrogen and oxygen atoms in total. The van der Waals surface area contributed by atoms with Crippen molar-refractivity contribution < 1.29 is 0 Å². The van der Waals surface area contributed by atoms with Crippen LogP contribution in [0.2, 0.25) is 0 Å². The Morgan fingerprint density at radius 3 is 2.36 bits per heavy atom. The van der Waals surface area contributed by atoms with Gasteiger partial charge in [0, 0.05) is 11.2 Å². The zero-order valence-electron chi connectivity index (χ0n) is 8.12. The molecule has 0 saturated heterocycles. The zero-order chi connectivity index (χ0) is 8.48. The molecule has 0 fully saturated rings. The van der Waals surface area contributed by atoms with Crippen LogP contribution in [0.3, 0.4) is 0 Å². The van der Waals surface area contributed by atoms with Crippen LogP contribution in [0.5, 0.6) is 0 Å². The molecule has 1 rings (SSSR count). The Kier molecular flexibility index (Phi) is 2.26. The van der Waals surface area contributed by atoms with E-state index in [0.29, 0.717) is 5.54 Å². The quantitative estimate of drug-likeness (QED) is 0.643. The van der Waals surface area contributed by atoms with E-state index < -0.39 is 0 Å².